The molecule has 0 heteroatoms. The van der Waals surface area contributed by atoms with Crippen molar-refractivity contribution >= 4 is 0 Å². The maximum atomic E-state index is 2.51. The molecule has 2 fully saturated rings. The normalized spacial score (nSPS) is 45.0. The van der Waals surface area contributed by atoms with Crippen LogP contribution in [-0.4, -0.2) is 0 Å². The van der Waals surface area contributed by atoms with Crippen molar-refractivity contribution in [3.05, 3.63) is 0 Å². The molecule has 0 heterocycles. The SMILES string of the molecule is C[C@@H]1CCCCC1C1CCCC[C@@H]1C. The predicted molar refractivity (Wildman–Crippen MR) is 62.2 cm³/mol. The minimum Gasteiger partial charge on any atom is -0.0622 e. The monoisotopic (exact) mass is 194 g/mol. The molecule has 0 aromatic rings. The molecule has 82 valence electrons. The fourth-order valence-corrected chi connectivity index (χ4v) is 3.96. The van der Waals surface area contributed by atoms with Crippen LogP contribution in [0.25, 0.3) is 0 Å². The van der Waals surface area contributed by atoms with Gasteiger partial charge in [0.1, 0.15) is 0 Å². The molecule has 0 spiro atoms. The summed E-state index contributed by atoms with van der Waals surface area (Å²) in [7, 11) is 0. The first-order chi connectivity index (χ1) is 6.79. The Bertz CT molecular complexity index is 153. The van der Waals surface area contributed by atoms with Crippen molar-refractivity contribution in [3.8, 4) is 0 Å². The van der Waals surface area contributed by atoms with E-state index in [2.05, 4.69) is 13.8 Å². The maximum Gasteiger partial charge on any atom is -0.0358 e. The molecular formula is C14H26. The molecule has 2 rings (SSSR count). The van der Waals surface area contributed by atoms with E-state index in [0.717, 1.165) is 23.7 Å². The lowest BCUT2D eigenvalue weighted by molar-refractivity contribution is 0.0974. The van der Waals surface area contributed by atoms with E-state index in [4.69, 9.17) is 0 Å². The second-order valence-electron chi connectivity index (χ2n) is 5.85. The van der Waals surface area contributed by atoms with Crippen molar-refractivity contribution in [1.82, 2.24) is 0 Å². The Balaban J connectivity index is 1.96. The summed E-state index contributed by atoms with van der Waals surface area (Å²) in [5.74, 6) is 4.21. The van der Waals surface area contributed by atoms with Crippen molar-refractivity contribution in [3.63, 3.8) is 0 Å². The predicted octanol–water partition coefficient (Wildman–Crippen LogP) is 4.64. The van der Waals surface area contributed by atoms with Gasteiger partial charge in [-0.2, -0.15) is 0 Å². The first-order valence-electron chi connectivity index (χ1n) is 6.79. The Morgan fingerprint density at radius 2 is 0.929 bits per heavy atom. The van der Waals surface area contributed by atoms with E-state index in [1.54, 1.807) is 0 Å². The van der Waals surface area contributed by atoms with Crippen LogP contribution >= 0.6 is 0 Å². The molecule has 0 aromatic heterocycles. The minimum absolute atomic E-state index is 1.02. The topological polar surface area (TPSA) is 0 Å². The summed E-state index contributed by atoms with van der Waals surface area (Å²) >= 11 is 0. The molecule has 0 N–H and O–H groups in total. The van der Waals surface area contributed by atoms with Gasteiger partial charge in [0.25, 0.3) is 0 Å². The Morgan fingerprint density at radius 1 is 0.571 bits per heavy atom. The summed E-state index contributed by atoms with van der Waals surface area (Å²) in [4.78, 5) is 0. The van der Waals surface area contributed by atoms with E-state index in [-0.39, 0.29) is 0 Å². The van der Waals surface area contributed by atoms with Crippen molar-refractivity contribution in [2.24, 2.45) is 23.7 Å². The largest absolute Gasteiger partial charge is 0.0622 e. The standard InChI is InChI=1S/C14H26/c1-11-7-3-5-9-13(11)14-10-6-4-8-12(14)2/h11-14H,3-10H2,1-2H3/t11-,12+,13?,14?. The Kier molecular flexibility index (Phi) is 3.52. The molecule has 0 aliphatic heterocycles. The van der Waals surface area contributed by atoms with Crippen LogP contribution in [0.5, 0.6) is 0 Å². The van der Waals surface area contributed by atoms with Gasteiger partial charge in [-0.15, -0.1) is 0 Å². The summed E-state index contributed by atoms with van der Waals surface area (Å²) in [5.41, 5.74) is 0. The number of hydrogen-bond acceptors (Lipinski definition) is 0. The van der Waals surface area contributed by atoms with E-state index in [1.807, 2.05) is 0 Å². The molecule has 0 aromatic carbocycles. The van der Waals surface area contributed by atoms with Crippen molar-refractivity contribution in [2.75, 3.05) is 0 Å². The number of rotatable bonds is 1. The second kappa shape index (κ2) is 4.68. The summed E-state index contributed by atoms with van der Waals surface area (Å²) in [5, 5.41) is 0. The van der Waals surface area contributed by atoms with Gasteiger partial charge in [0.2, 0.25) is 0 Å². The van der Waals surface area contributed by atoms with E-state index in [0.29, 0.717) is 0 Å². The van der Waals surface area contributed by atoms with Gasteiger partial charge < -0.3 is 0 Å². The Morgan fingerprint density at radius 3 is 1.29 bits per heavy atom. The van der Waals surface area contributed by atoms with Crippen molar-refractivity contribution in [1.29, 1.82) is 0 Å². The van der Waals surface area contributed by atoms with Gasteiger partial charge in [-0.05, 0) is 36.5 Å². The minimum atomic E-state index is 1.02. The third-order valence-corrected chi connectivity index (χ3v) is 4.91. The van der Waals surface area contributed by atoms with Crippen LogP contribution in [0.4, 0.5) is 0 Å². The molecule has 2 unspecified atom stereocenters. The van der Waals surface area contributed by atoms with Crippen LogP contribution in [0.15, 0.2) is 0 Å². The first-order valence-corrected chi connectivity index (χ1v) is 6.79. The van der Waals surface area contributed by atoms with Crippen molar-refractivity contribution < 1.29 is 0 Å². The van der Waals surface area contributed by atoms with Crippen molar-refractivity contribution in [2.45, 2.75) is 65.2 Å². The third-order valence-electron chi connectivity index (χ3n) is 4.91. The highest BCUT2D eigenvalue weighted by molar-refractivity contribution is 4.83. The average Bonchev–Trinajstić information content (AvgIpc) is 2.20. The van der Waals surface area contributed by atoms with Gasteiger partial charge in [-0.25, -0.2) is 0 Å². The highest BCUT2D eigenvalue weighted by atomic mass is 14.4. The molecule has 2 saturated carbocycles. The highest BCUT2D eigenvalue weighted by Crippen LogP contribution is 2.43. The summed E-state index contributed by atoms with van der Waals surface area (Å²) in [6.45, 7) is 5.01. The zero-order chi connectivity index (χ0) is 9.97. The van der Waals surface area contributed by atoms with Crippen LogP contribution in [0.3, 0.4) is 0 Å². The third kappa shape index (κ3) is 2.15. The molecule has 0 radical (unpaired) electrons. The zero-order valence-corrected chi connectivity index (χ0v) is 9.97. The molecular weight excluding hydrogens is 168 g/mol. The van der Waals surface area contributed by atoms with Crippen LogP contribution in [0.2, 0.25) is 0 Å². The van der Waals surface area contributed by atoms with E-state index < -0.39 is 0 Å². The molecule has 4 atom stereocenters. The quantitative estimate of drug-likeness (QED) is 0.570. The van der Waals surface area contributed by atoms with Crippen LogP contribution in [0, 0.1) is 23.7 Å². The average molecular weight is 194 g/mol. The second-order valence-corrected chi connectivity index (χ2v) is 5.85. The fraction of sp³-hybridized carbons (Fsp3) is 1.00. The van der Waals surface area contributed by atoms with Gasteiger partial charge in [0.05, 0.1) is 0 Å². The van der Waals surface area contributed by atoms with E-state index in [1.165, 1.54) is 51.4 Å². The van der Waals surface area contributed by atoms with Crippen LogP contribution in [0.1, 0.15) is 65.2 Å². The van der Waals surface area contributed by atoms with E-state index in [9.17, 15) is 0 Å². The zero-order valence-electron chi connectivity index (χ0n) is 9.97. The van der Waals surface area contributed by atoms with Gasteiger partial charge in [-0.3, -0.25) is 0 Å². The summed E-state index contributed by atoms with van der Waals surface area (Å²) in [6.07, 6.45) is 12.1. The molecule has 0 bridgehead atoms. The molecule has 14 heavy (non-hydrogen) atoms. The molecule has 0 amide bonds. The van der Waals surface area contributed by atoms with Crippen LogP contribution < -0.4 is 0 Å². The van der Waals surface area contributed by atoms with Gasteiger partial charge >= 0.3 is 0 Å². The number of hydrogen-bond donors (Lipinski definition) is 0. The Hall–Kier alpha value is 0. The maximum absolute atomic E-state index is 2.51. The Labute approximate surface area is 89.5 Å². The van der Waals surface area contributed by atoms with Gasteiger partial charge in [-0.1, -0.05) is 52.4 Å². The smallest absolute Gasteiger partial charge is 0.0358 e. The van der Waals surface area contributed by atoms with Crippen LogP contribution in [-0.2, 0) is 0 Å². The summed E-state index contributed by atoms with van der Waals surface area (Å²) < 4.78 is 0. The fourth-order valence-electron chi connectivity index (χ4n) is 3.96. The molecule has 2 aliphatic carbocycles. The lowest BCUT2D eigenvalue weighted by Gasteiger charge is -2.41. The van der Waals surface area contributed by atoms with E-state index >= 15 is 0 Å². The molecule has 0 nitrogen and oxygen atoms in total. The summed E-state index contributed by atoms with van der Waals surface area (Å²) in [6, 6.07) is 0. The first kappa shape index (κ1) is 10.5. The molecule has 2 aliphatic rings. The lowest BCUT2D eigenvalue weighted by Crippen LogP contribution is -2.31. The highest BCUT2D eigenvalue weighted by Gasteiger charge is 2.33. The lowest BCUT2D eigenvalue weighted by atomic mass is 9.65. The molecule has 0 saturated heterocycles. The van der Waals surface area contributed by atoms with Gasteiger partial charge in [0, 0.05) is 0 Å². The van der Waals surface area contributed by atoms with Gasteiger partial charge in [0.15, 0.2) is 0 Å².